The molecule has 1 aromatic rings. The van der Waals surface area contributed by atoms with Crippen LogP contribution in [0.2, 0.25) is 5.02 Å². The van der Waals surface area contributed by atoms with E-state index in [4.69, 9.17) is 16.3 Å². The van der Waals surface area contributed by atoms with E-state index in [1.54, 1.807) is 6.07 Å². The summed E-state index contributed by atoms with van der Waals surface area (Å²) in [6, 6.07) is 5.42. The molecule has 17 heavy (non-hydrogen) atoms. The monoisotopic (exact) mass is 318 g/mol. The van der Waals surface area contributed by atoms with Crippen LogP contribution >= 0.6 is 27.5 Å². The zero-order chi connectivity index (χ0) is 12.4. The summed E-state index contributed by atoms with van der Waals surface area (Å²) in [5.41, 5.74) is 0.752. The van der Waals surface area contributed by atoms with Gasteiger partial charge in [-0.1, -0.05) is 33.6 Å². The van der Waals surface area contributed by atoms with Crippen molar-refractivity contribution in [2.75, 3.05) is 6.61 Å². The summed E-state index contributed by atoms with van der Waals surface area (Å²) in [4.78, 5) is 11.2. The molecule has 2 unspecified atom stereocenters. The minimum atomic E-state index is -0.825. The Kier molecular flexibility index (Phi) is 4.07. The number of carboxylic acids is 1. The standard InChI is InChI=1S/C12H12BrClO3/c13-7-3-4-8(10(14)6-7)11-9(12(15)16)2-1-5-17-11/h3-4,6,9,11H,1-2,5H2,(H,15,16). The van der Waals surface area contributed by atoms with E-state index in [-0.39, 0.29) is 0 Å². The Balaban J connectivity index is 2.32. The zero-order valence-electron chi connectivity index (χ0n) is 9.03. The molecule has 0 saturated carbocycles. The number of carbonyl (C=O) groups is 1. The van der Waals surface area contributed by atoms with Crippen LogP contribution in [0.3, 0.4) is 0 Å². The van der Waals surface area contributed by atoms with Crippen molar-refractivity contribution in [2.24, 2.45) is 5.92 Å². The van der Waals surface area contributed by atoms with Gasteiger partial charge >= 0.3 is 5.97 Å². The fourth-order valence-electron chi connectivity index (χ4n) is 2.07. The van der Waals surface area contributed by atoms with Crippen molar-refractivity contribution in [3.63, 3.8) is 0 Å². The zero-order valence-corrected chi connectivity index (χ0v) is 11.4. The van der Waals surface area contributed by atoms with Gasteiger partial charge in [0.2, 0.25) is 0 Å². The van der Waals surface area contributed by atoms with Gasteiger partial charge < -0.3 is 9.84 Å². The molecule has 0 bridgehead atoms. The molecule has 0 spiro atoms. The van der Waals surface area contributed by atoms with Gasteiger partial charge in [0.1, 0.15) is 0 Å². The lowest BCUT2D eigenvalue weighted by molar-refractivity contribution is -0.151. The molecule has 1 saturated heterocycles. The first kappa shape index (κ1) is 12.9. The highest BCUT2D eigenvalue weighted by atomic mass is 79.9. The van der Waals surface area contributed by atoms with Crippen molar-refractivity contribution in [3.8, 4) is 0 Å². The second-order valence-corrected chi connectivity index (χ2v) is 5.37. The first-order chi connectivity index (χ1) is 8.09. The second kappa shape index (κ2) is 5.38. The molecule has 3 nitrogen and oxygen atoms in total. The Morgan fingerprint density at radius 1 is 1.53 bits per heavy atom. The topological polar surface area (TPSA) is 46.5 Å². The van der Waals surface area contributed by atoms with Gasteiger partial charge in [-0.05, 0) is 25.0 Å². The van der Waals surface area contributed by atoms with Crippen molar-refractivity contribution in [1.82, 2.24) is 0 Å². The average Bonchev–Trinajstić information content (AvgIpc) is 2.29. The van der Waals surface area contributed by atoms with Crippen molar-refractivity contribution in [2.45, 2.75) is 18.9 Å². The van der Waals surface area contributed by atoms with E-state index in [1.807, 2.05) is 12.1 Å². The Bertz CT molecular complexity index is 436. The van der Waals surface area contributed by atoms with Crippen molar-refractivity contribution < 1.29 is 14.6 Å². The van der Waals surface area contributed by atoms with Gasteiger partial charge in [0, 0.05) is 21.7 Å². The summed E-state index contributed by atoms with van der Waals surface area (Å²) >= 11 is 9.45. The van der Waals surface area contributed by atoms with Crippen LogP contribution in [0.15, 0.2) is 22.7 Å². The quantitative estimate of drug-likeness (QED) is 0.905. The van der Waals surface area contributed by atoms with Crippen LogP contribution in [0.1, 0.15) is 24.5 Å². The largest absolute Gasteiger partial charge is 0.481 e. The first-order valence-corrected chi connectivity index (χ1v) is 6.56. The van der Waals surface area contributed by atoms with Gasteiger partial charge in [-0.2, -0.15) is 0 Å². The molecular formula is C12H12BrClO3. The number of rotatable bonds is 2. The molecule has 0 amide bonds. The molecular weight excluding hydrogens is 307 g/mol. The molecule has 1 N–H and O–H groups in total. The summed E-state index contributed by atoms with van der Waals surface area (Å²) in [5.74, 6) is -1.34. The Morgan fingerprint density at radius 3 is 2.94 bits per heavy atom. The van der Waals surface area contributed by atoms with E-state index in [0.29, 0.717) is 18.1 Å². The number of hydrogen-bond donors (Lipinski definition) is 1. The van der Waals surface area contributed by atoms with E-state index in [9.17, 15) is 9.90 Å². The van der Waals surface area contributed by atoms with Crippen LogP contribution in [0.5, 0.6) is 0 Å². The second-order valence-electron chi connectivity index (χ2n) is 4.04. The first-order valence-electron chi connectivity index (χ1n) is 5.39. The average molecular weight is 320 g/mol. The summed E-state index contributed by atoms with van der Waals surface area (Å²) in [6.07, 6.45) is 0.968. The minimum absolute atomic E-state index is 0.443. The van der Waals surface area contributed by atoms with Gasteiger partial charge in [0.15, 0.2) is 0 Å². The number of benzene rings is 1. The van der Waals surface area contributed by atoms with E-state index >= 15 is 0 Å². The lowest BCUT2D eigenvalue weighted by atomic mass is 9.89. The normalized spacial score (nSPS) is 24.6. The van der Waals surface area contributed by atoms with E-state index < -0.39 is 18.0 Å². The maximum absolute atomic E-state index is 11.2. The van der Waals surface area contributed by atoms with Crippen LogP contribution in [0.4, 0.5) is 0 Å². The maximum atomic E-state index is 11.2. The van der Waals surface area contributed by atoms with Crippen molar-refractivity contribution >= 4 is 33.5 Å². The predicted molar refractivity (Wildman–Crippen MR) is 68.2 cm³/mol. The maximum Gasteiger partial charge on any atom is 0.309 e. The predicted octanol–water partition coefficient (Wildman–Crippen LogP) is 3.65. The number of aliphatic carboxylic acids is 1. The van der Waals surface area contributed by atoms with Gasteiger partial charge in [-0.3, -0.25) is 4.79 Å². The molecule has 5 heteroatoms. The third kappa shape index (κ3) is 2.81. The summed E-state index contributed by atoms with van der Waals surface area (Å²) < 4.78 is 6.45. The van der Waals surface area contributed by atoms with Crippen LogP contribution in [0.25, 0.3) is 0 Å². The number of hydrogen-bond acceptors (Lipinski definition) is 2. The molecule has 1 heterocycles. The Hall–Kier alpha value is -0.580. The molecule has 0 aromatic heterocycles. The van der Waals surface area contributed by atoms with Crippen LogP contribution in [-0.4, -0.2) is 17.7 Å². The van der Waals surface area contributed by atoms with Crippen molar-refractivity contribution in [1.29, 1.82) is 0 Å². The number of carboxylic acid groups (broad SMARTS) is 1. The smallest absolute Gasteiger partial charge is 0.309 e. The van der Waals surface area contributed by atoms with E-state index in [0.717, 1.165) is 16.5 Å². The van der Waals surface area contributed by atoms with Crippen LogP contribution in [0, 0.1) is 5.92 Å². The highest BCUT2D eigenvalue weighted by molar-refractivity contribution is 9.10. The van der Waals surface area contributed by atoms with E-state index in [1.165, 1.54) is 0 Å². The molecule has 1 aliphatic rings. The number of halogens is 2. The van der Waals surface area contributed by atoms with Gasteiger partial charge in [-0.25, -0.2) is 0 Å². The molecule has 1 aromatic carbocycles. The Morgan fingerprint density at radius 2 is 2.29 bits per heavy atom. The third-order valence-electron chi connectivity index (χ3n) is 2.91. The highest BCUT2D eigenvalue weighted by Gasteiger charge is 2.34. The SMILES string of the molecule is O=C(O)C1CCCOC1c1ccc(Br)cc1Cl. The van der Waals surface area contributed by atoms with Crippen LogP contribution < -0.4 is 0 Å². The third-order valence-corrected chi connectivity index (χ3v) is 3.73. The minimum Gasteiger partial charge on any atom is -0.481 e. The molecule has 92 valence electrons. The van der Waals surface area contributed by atoms with Crippen LogP contribution in [-0.2, 0) is 9.53 Å². The molecule has 0 aliphatic carbocycles. The fraction of sp³-hybridized carbons (Fsp3) is 0.417. The summed E-state index contributed by atoms with van der Waals surface area (Å²) in [5, 5.41) is 9.72. The molecule has 2 atom stereocenters. The molecule has 2 rings (SSSR count). The molecule has 1 aliphatic heterocycles. The summed E-state index contributed by atoms with van der Waals surface area (Å²) in [7, 11) is 0. The molecule has 1 fully saturated rings. The molecule has 0 radical (unpaired) electrons. The lowest BCUT2D eigenvalue weighted by Crippen LogP contribution is -2.29. The lowest BCUT2D eigenvalue weighted by Gasteiger charge is -2.29. The van der Waals surface area contributed by atoms with Gasteiger partial charge in [0.05, 0.1) is 12.0 Å². The summed E-state index contributed by atoms with van der Waals surface area (Å²) in [6.45, 7) is 0.584. The Labute approximate surface area is 113 Å². The van der Waals surface area contributed by atoms with Gasteiger partial charge in [0.25, 0.3) is 0 Å². The fourth-order valence-corrected chi connectivity index (χ4v) is 2.85. The van der Waals surface area contributed by atoms with E-state index in [2.05, 4.69) is 15.9 Å². The van der Waals surface area contributed by atoms with Gasteiger partial charge in [-0.15, -0.1) is 0 Å². The van der Waals surface area contributed by atoms with Crippen molar-refractivity contribution in [3.05, 3.63) is 33.3 Å². The number of ether oxygens (including phenoxy) is 1. The highest BCUT2D eigenvalue weighted by Crippen LogP contribution is 2.38.